The Bertz CT molecular complexity index is 829. The third-order valence-electron chi connectivity index (χ3n) is 3.90. The first-order valence-electron chi connectivity index (χ1n) is 8.77. The fourth-order valence-corrected chi connectivity index (χ4v) is 2.43. The molecule has 0 aliphatic heterocycles. The molecule has 0 fully saturated rings. The van der Waals surface area contributed by atoms with Gasteiger partial charge in [-0.1, -0.05) is 6.92 Å². The Labute approximate surface area is 164 Å². The monoisotopic (exact) mass is 388 g/mol. The van der Waals surface area contributed by atoms with E-state index in [2.05, 4.69) is 0 Å². The average Bonchev–Trinajstić information content (AvgIpc) is 2.74. The molecule has 0 saturated carbocycles. The SMILES string of the molecule is CCCOc1ccc(C(=O)OCC(=O)c2ccc(OC)c(OC)c2)cc1OC. The summed E-state index contributed by atoms with van der Waals surface area (Å²) in [5.41, 5.74) is 0.618. The summed E-state index contributed by atoms with van der Waals surface area (Å²) in [5, 5.41) is 0. The maximum Gasteiger partial charge on any atom is 0.338 e. The Morgan fingerprint density at radius 2 is 1.36 bits per heavy atom. The van der Waals surface area contributed by atoms with E-state index in [1.807, 2.05) is 6.92 Å². The third kappa shape index (κ3) is 5.16. The molecule has 0 saturated heterocycles. The number of ketones is 1. The van der Waals surface area contributed by atoms with Crippen LogP contribution in [0.5, 0.6) is 23.0 Å². The summed E-state index contributed by atoms with van der Waals surface area (Å²) in [5.74, 6) is 0.912. The minimum Gasteiger partial charge on any atom is -0.493 e. The molecule has 7 heteroatoms. The molecule has 28 heavy (non-hydrogen) atoms. The summed E-state index contributed by atoms with van der Waals surface area (Å²) in [6.07, 6.45) is 0.852. The molecule has 150 valence electrons. The molecule has 0 atom stereocenters. The van der Waals surface area contributed by atoms with E-state index in [-0.39, 0.29) is 11.3 Å². The predicted molar refractivity (Wildman–Crippen MR) is 103 cm³/mol. The van der Waals surface area contributed by atoms with Crippen LogP contribution in [0.2, 0.25) is 0 Å². The zero-order valence-electron chi connectivity index (χ0n) is 16.4. The number of carbonyl (C=O) groups excluding carboxylic acids is 2. The summed E-state index contributed by atoms with van der Waals surface area (Å²) in [7, 11) is 4.48. The summed E-state index contributed by atoms with van der Waals surface area (Å²) in [4.78, 5) is 24.6. The van der Waals surface area contributed by atoms with Crippen LogP contribution < -0.4 is 18.9 Å². The number of ether oxygens (including phenoxy) is 5. The van der Waals surface area contributed by atoms with Crippen molar-refractivity contribution in [2.45, 2.75) is 13.3 Å². The van der Waals surface area contributed by atoms with Gasteiger partial charge in [0, 0.05) is 5.56 Å². The fourth-order valence-electron chi connectivity index (χ4n) is 2.43. The summed E-state index contributed by atoms with van der Waals surface area (Å²) >= 11 is 0. The first-order valence-corrected chi connectivity index (χ1v) is 8.77. The molecule has 0 aliphatic rings. The maximum absolute atomic E-state index is 12.3. The van der Waals surface area contributed by atoms with Crippen LogP contribution in [0.1, 0.15) is 34.1 Å². The molecule has 2 rings (SSSR count). The second kappa shape index (κ2) is 10.2. The van der Waals surface area contributed by atoms with E-state index in [0.29, 0.717) is 35.2 Å². The minimum absolute atomic E-state index is 0.265. The van der Waals surface area contributed by atoms with Gasteiger partial charge in [-0.15, -0.1) is 0 Å². The minimum atomic E-state index is -0.630. The highest BCUT2D eigenvalue weighted by molar-refractivity contribution is 6.00. The topological polar surface area (TPSA) is 80.3 Å². The number of benzene rings is 2. The number of Topliss-reactive ketones (excluding diaryl/α,β-unsaturated/α-hetero) is 1. The van der Waals surface area contributed by atoms with Crippen molar-refractivity contribution < 1.29 is 33.3 Å². The van der Waals surface area contributed by atoms with Gasteiger partial charge in [0.05, 0.1) is 33.5 Å². The van der Waals surface area contributed by atoms with Crippen molar-refractivity contribution in [1.82, 2.24) is 0 Å². The average molecular weight is 388 g/mol. The lowest BCUT2D eigenvalue weighted by Gasteiger charge is -2.12. The van der Waals surface area contributed by atoms with Crippen molar-refractivity contribution in [2.75, 3.05) is 34.5 Å². The summed E-state index contributed by atoms with van der Waals surface area (Å²) in [6, 6.07) is 9.47. The van der Waals surface area contributed by atoms with Gasteiger partial charge >= 0.3 is 5.97 Å². The first kappa shape index (κ1) is 21.1. The fraction of sp³-hybridized carbons (Fsp3) is 0.333. The van der Waals surface area contributed by atoms with Crippen molar-refractivity contribution in [2.24, 2.45) is 0 Å². The molecule has 2 aromatic carbocycles. The van der Waals surface area contributed by atoms with Crippen LogP contribution in [0.25, 0.3) is 0 Å². The molecule has 0 bridgehead atoms. The van der Waals surface area contributed by atoms with Gasteiger partial charge in [-0.25, -0.2) is 4.79 Å². The van der Waals surface area contributed by atoms with Gasteiger partial charge in [0.25, 0.3) is 0 Å². The van der Waals surface area contributed by atoms with Crippen molar-refractivity contribution in [3.8, 4) is 23.0 Å². The highest BCUT2D eigenvalue weighted by Gasteiger charge is 2.16. The molecule has 0 aromatic heterocycles. The number of carbonyl (C=O) groups is 2. The van der Waals surface area contributed by atoms with Gasteiger partial charge in [-0.3, -0.25) is 4.79 Å². The highest BCUT2D eigenvalue weighted by Crippen LogP contribution is 2.29. The smallest absolute Gasteiger partial charge is 0.338 e. The van der Waals surface area contributed by atoms with Crippen LogP contribution in [0.15, 0.2) is 36.4 Å². The van der Waals surface area contributed by atoms with Gasteiger partial charge in [0.2, 0.25) is 0 Å². The van der Waals surface area contributed by atoms with E-state index < -0.39 is 12.6 Å². The number of hydrogen-bond acceptors (Lipinski definition) is 7. The van der Waals surface area contributed by atoms with E-state index in [1.54, 1.807) is 24.3 Å². The van der Waals surface area contributed by atoms with E-state index in [0.717, 1.165) is 6.42 Å². The highest BCUT2D eigenvalue weighted by atomic mass is 16.5. The Kier molecular flexibility index (Phi) is 7.68. The van der Waals surface area contributed by atoms with E-state index >= 15 is 0 Å². The zero-order chi connectivity index (χ0) is 20.5. The number of esters is 1. The lowest BCUT2D eigenvalue weighted by atomic mass is 10.1. The largest absolute Gasteiger partial charge is 0.493 e. The van der Waals surface area contributed by atoms with Crippen molar-refractivity contribution in [3.05, 3.63) is 47.5 Å². The molecule has 0 N–H and O–H groups in total. The zero-order valence-corrected chi connectivity index (χ0v) is 16.4. The molecule has 7 nitrogen and oxygen atoms in total. The molecule has 0 radical (unpaired) electrons. The third-order valence-corrected chi connectivity index (χ3v) is 3.90. The second-order valence-corrected chi connectivity index (χ2v) is 5.78. The van der Waals surface area contributed by atoms with E-state index in [4.69, 9.17) is 23.7 Å². The van der Waals surface area contributed by atoms with Gasteiger partial charge in [0.1, 0.15) is 0 Å². The second-order valence-electron chi connectivity index (χ2n) is 5.78. The number of rotatable bonds is 10. The molecule has 0 unspecified atom stereocenters. The van der Waals surface area contributed by atoms with Crippen LogP contribution in [0.3, 0.4) is 0 Å². The van der Waals surface area contributed by atoms with Gasteiger partial charge in [-0.05, 0) is 42.8 Å². The van der Waals surface area contributed by atoms with Crippen LogP contribution >= 0.6 is 0 Å². The molecule has 0 spiro atoms. The molecule has 0 amide bonds. The standard InChI is InChI=1S/C21H24O7/c1-5-10-27-18-9-7-15(12-20(18)26-4)21(23)28-13-16(22)14-6-8-17(24-2)19(11-14)25-3/h6-9,11-12H,5,10,13H2,1-4H3. The van der Waals surface area contributed by atoms with Crippen LogP contribution in [0, 0.1) is 0 Å². The van der Waals surface area contributed by atoms with Crippen molar-refractivity contribution in [1.29, 1.82) is 0 Å². The van der Waals surface area contributed by atoms with Crippen molar-refractivity contribution >= 4 is 11.8 Å². The first-order chi connectivity index (χ1) is 13.5. The van der Waals surface area contributed by atoms with Gasteiger partial charge in [0.15, 0.2) is 35.4 Å². The Morgan fingerprint density at radius 1 is 0.786 bits per heavy atom. The molecule has 0 heterocycles. The van der Waals surface area contributed by atoms with Gasteiger partial charge < -0.3 is 23.7 Å². The Balaban J connectivity index is 2.04. The predicted octanol–water partition coefficient (Wildman–Crippen LogP) is 3.54. The lowest BCUT2D eigenvalue weighted by Crippen LogP contribution is -2.14. The summed E-state index contributed by atoms with van der Waals surface area (Å²) < 4.78 is 26.3. The molecular weight excluding hydrogens is 364 g/mol. The number of methoxy groups -OCH3 is 3. The summed E-state index contributed by atoms with van der Waals surface area (Å²) in [6.45, 7) is 2.14. The van der Waals surface area contributed by atoms with Crippen LogP contribution in [0.4, 0.5) is 0 Å². The quantitative estimate of drug-likeness (QED) is 0.455. The van der Waals surface area contributed by atoms with E-state index in [1.165, 1.54) is 33.5 Å². The maximum atomic E-state index is 12.3. The van der Waals surface area contributed by atoms with E-state index in [9.17, 15) is 9.59 Å². The number of hydrogen-bond donors (Lipinski definition) is 0. The van der Waals surface area contributed by atoms with Crippen molar-refractivity contribution in [3.63, 3.8) is 0 Å². The molecule has 0 aliphatic carbocycles. The normalized spacial score (nSPS) is 10.1. The molecular formula is C21H24O7. The molecule has 2 aromatic rings. The van der Waals surface area contributed by atoms with Crippen LogP contribution in [-0.4, -0.2) is 46.3 Å². The van der Waals surface area contributed by atoms with Crippen LogP contribution in [-0.2, 0) is 4.74 Å². The lowest BCUT2D eigenvalue weighted by molar-refractivity contribution is 0.0474. The van der Waals surface area contributed by atoms with Gasteiger partial charge in [-0.2, -0.15) is 0 Å². The Morgan fingerprint density at radius 3 is 2.00 bits per heavy atom. The Hall–Kier alpha value is -3.22.